The van der Waals surface area contributed by atoms with Gasteiger partial charge in [-0.25, -0.2) is 4.57 Å². The third kappa shape index (κ3) is 30.8. The Morgan fingerprint density at radius 2 is 1.15 bits per heavy atom. The highest BCUT2D eigenvalue weighted by Gasteiger charge is 2.25. The van der Waals surface area contributed by atoms with Gasteiger partial charge in [-0.2, -0.15) is 0 Å². The largest absolute Gasteiger partial charge is 0.472 e. The Hall–Kier alpha value is -0.500. The minimum Gasteiger partial charge on any atom is -0.457 e. The van der Waals surface area contributed by atoms with E-state index in [1.165, 1.54) is 77.0 Å². The van der Waals surface area contributed by atoms with Crippen LogP contribution in [0.25, 0.3) is 0 Å². The topological polar surface area (TPSA) is 91.3 Å². The van der Waals surface area contributed by atoms with Crippen LogP contribution in [-0.2, 0) is 27.9 Å². The second-order valence-corrected chi connectivity index (χ2v) is 14.0. The van der Waals surface area contributed by atoms with E-state index in [4.69, 9.17) is 18.5 Å². The highest BCUT2D eigenvalue weighted by molar-refractivity contribution is 7.47. The number of nitrogens with zero attached hydrogens (tertiary/aromatic N) is 1. The van der Waals surface area contributed by atoms with Crippen LogP contribution in [0.5, 0.6) is 0 Å². The van der Waals surface area contributed by atoms with Gasteiger partial charge in [0, 0.05) is 13.0 Å². The van der Waals surface area contributed by atoms with E-state index in [0.29, 0.717) is 19.4 Å². The summed E-state index contributed by atoms with van der Waals surface area (Å²) in [6, 6.07) is 0. The lowest BCUT2D eigenvalue weighted by Crippen LogP contribution is -2.35. The number of phosphoric ester groups is 1. The van der Waals surface area contributed by atoms with E-state index < -0.39 is 13.9 Å². The maximum absolute atomic E-state index is 12.3. The zero-order chi connectivity index (χ0) is 30.7. The van der Waals surface area contributed by atoms with Gasteiger partial charge < -0.3 is 18.9 Å². The predicted molar refractivity (Wildman–Crippen MR) is 169 cm³/mol. The maximum atomic E-state index is 12.3. The smallest absolute Gasteiger partial charge is 0.457 e. The van der Waals surface area contributed by atoms with Crippen LogP contribution in [0.3, 0.4) is 0 Å². The molecule has 246 valence electrons. The lowest BCUT2D eigenvalue weighted by Gasteiger charge is -2.23. The first-order valence-corrected chi connectivity index (χ1v) is 18.3. The Bertz CT molecular complexity index is 642. The molecule has 0 saturated heterocycles. The molecule has 0 aromatic heterocycles. The molecule has 0 aromatic rings. The number of rotatable bonds is 31. The summed E-state index contributed by atoms with van der Waals surface area (Å²) in [6.07, 6.45) is 22.2. The fourth-order valence-electron chi connectivity index (χ4n) is 4.61. The predicted octanol–water partition coefficient (Wildman–Crippen LogP) is 8.60. The molecular weight excluding hydrogens is 541 g/mol. The summed E-state index contributed by atoms with van der Waals surface area (Å²) in [4.78, 5) is 22.1. The molecule has 1 unspecified atom stereocenters. The van der Waals surface area contributed by atoms with Crippen LogP contribution in [0.15, 0.2) is 0 Å². The van der Waals surface area contributed by atoms with Crippen LogP contribution in [-0.4, -0.2) is 75.6 Å². The molecule has 2 atom stereocenters. The second-order valence-electron chi connectivity index (χ2n) is 12.6. The Labute approximate surface area is 253 Å². The van der Waals surface area contributed by atoms with Crippen molar-refractivity contribution in [3.8, 4) is 0 Å². The van der Waals surface area contributed by atoms with E-state index in [1.807, 2.05) is 6.92 Å². The zero-order valence-corrected chi connectivity index (χ0v) is 28.4. The molecule has 1 N–H and O–H groups in total. The SMILES string of the molecule is CCCCCCCCCCCCCCCCOC[C@@H](COP(=O)(O)OCCCCCC[N+](C)(C)C)OC(=O)CCC. The average Bonchev–Trinajstić information content (AvgIpc) is 2.90. The molecule has 0 aliphatic carbocycles. The third-order valence-electron chi connectivity index (χ3n) is 7.10. The third-order valence-corrected chi connectivity index (χ3v) is 8.08. The summed E-state index contributed by atoms with van der Waals surface area (Å²) in [5, 5.41) is 0. The van der Waals surface area contributed by atoms with Crippen molar-refractivity contribution in [2.75, 3.05) is 54.1 Å². The summed E-state index contributed by atoms with van der Waals surface area (Å²) >= 11 is 0. The molecular formula is C32H67NO7P+. The summed E-state index contributed by atoms with van der Waals surface area (Å²) in [5.41, 5.74) is 0. The Morgan fingerprint density at radius 3 is 1.66 bits per heavy atom. The molecule has 0 rings (SSSR count). The number of quaternary nitrogens is 1. The Kier molecular flexibility index (Phi) is 26.7. The molecule has 8 nitrogen and oxygen atoms in total. The number of ether oxygens (including phenoxy) is 2. The van der Waals surface area contributed by atoms with Crippen molar-refractivity contribution in [3.63, 3.8) is 0 Å². The fraction of sp³-hybridized carbons (Fsp3) is 0.969. The number of carbonyl (C=O) groups excluding carboxylic acids is 1. The van der Waals surface area contributed by atoms with Crippen molar-refractivity contribution in [2.45, 2.75) is 148 Å². The molecule has 0 amide bonds. The van der Waals surface area contributed by atoms with Gasteiger partial charge in [0.25, 0.3) is 0 Å². The maximum Gasteiger partial charge on any atom is 0.472 e. The molecule has 0 aliphatic rings. The second kappa shape index (κ2) is 27.1. The summed E-state index contributed by atoms with van der Waals surface area (Å²) in [5.74, 6) is -0.358. The lowest BCUT2D eigenvalue weighted by molar-refractivity contribution is -0.870. The molecule has 0 spiro atoms. The number of hydrogen-bond acceptors (Lipinski definition) is 6. The van der Waals surface area contributed by atoms with Crippen molar-refractivity contribution in [3.05, 3.63) is 0 Å². The number of unbranched alkanes of at least 4 members (excludes halogenated alkanes) is 16. The summed E-state index contributed by atoms with van der Waals surface area (Å²) in [7, 11) is 2.29. The van der Waals surface area contributed by atoms with E-state index in [0.717, 1.165) is 43.1 Å². The summed E-state index contributed by atoms with van der Waals surface area (Å²) in [6.45, 7) is 5.90. The van der Waals surface area contributed by atoms with Gasteiger partial charge in [0.05, 0.1) is 47.5 Å². The summed E-state index contributed by atoms with van der Waals surface area (Å²) < 4.78 is 34.7. The minimum atomic E-state index is -4.21. The van der Waals surface area contributed by atoms with Crippen LogP contribution < -0.4 is 0 Å². The van der Waals surface area contributed by atoms with Gasteiger partial charge in [-0.05, 0) is 32.1 Å². The van der Waals surface area contributed by atoms with Gasteiger partial charge in [-0.1, -0.05) is 104 Å². The fourth-order valence-corrected chi connectivity index (χ4v) is 5.40. The van der Waals surface area contributed by atoms with Crippen molar-refractivity contribution >= 4 is 13.8 Å². The first-order chi connectivity index (χ1) is 19.6. The highest BCUT2D eigenvalue weighted by Crippen LogP contribution is 2.43. The lowest BCUT2D eigenvalue weighted by atomic mass is 10.0. The van der Waals surface area contributed by atoms with E-state index in [9.17, 15) is 14.3 Å². The molecule has 0 fully saturated rings. The van der Waals surface area contributed by atoms with Gasteiger partial charge in [0.1, 0.15) is 6.10 Å². The monoisotopic (exact) mass is 608 g/mol. The van der Waals surface area contributed by atoms with E-state index >= 15 is 0 Å². The van der Waals surface area contributed by atoms with Crippen LogP contribution in [0.4, 0.5) is 0 Å². The molecule has 0 saturated carbocycles. The van der Waals surface area contributed by atoms with Crippen molar-refractivity contribution in [2.24, 2.45) is 0 Å². The van der Waals surface area contributed by atoms with E-state index in [1.54, 1.807) is 0 Å². The van der Waals surface area contributed by atoms with Crippen molar-refractivity contribution < 1.29 is 37.3 Å². The standard InChI is InChI=1S/C32H66NO7P/c1-6-8-9-10-11-12-13-14-15-16-17-18-20-23-27-37-29-31(40-32(34)25-7-2)30-39-41(35,36)38-28-24-21-19-22-26-33(3,4)5/h31H,6-30H2,1-5H3/p+1/t31-/m0/s1. The molecule has 0 aromatic carbocycles. The minimum absolute atomic E-state index is 0.139. The Morgan fingerprint density at radius 1 is 0.659 bits per heavy atom. The first kappa shape index (κ1) is 40.5. The molecule has 0 heterocycles. The van der Waals surface area contributed by atoms with Crippen molar-refractivity contribution in [1.29, 1.82) is 0 Å². The molecule has 0 bridgehead atoms. The van der Waals surface area contributed by atoms with Crippen molar-refractivity contribution in [1.82, 2.24) is 0 Å². The average molecular weight is 609 g/mol. The van der Waals surface area contributed by atoms with Gasteiger partial charge >= 0.3 is 13.8 Å². The quantitative estimate of drug-likeness (QED) is 0.0365. The number of carbonyl (C=O) groups is 1. The molecule has 0 aliphatic heterocycles. The van der Waals surface area contributed by atoms with E-state index in [2.05, 4.69) is 28.1 Å². The van der Waals surface area contributed by atoms with E-state index in [-0.39, 0.29) is 32.2 Å². The van der Waals surface area contributed by atoms with Gasteiger partial charge in [-0.3, -0.25) is 13.8 Å². The molecule has 41 heavy (non-hydrogen) atoms. The zero-order valence-electron chi connectivity index (χ0n) is 27.5. The van der Waals surface area contributed by atoms with Gasteiger partial charge in [-0.15, -0.1) is 0 Å². The molecule has 0 radical (unpaired) electrons. The normalized spacial score (nSPS) is 14.2. The van der Waals surface area contributed by atoms with Crippen LogP contribution >= 0.6 is 7.82 Å². The van der Waals surface area contributed by atoms with Crippen LogP contribution in [0, 0.1) is 0 Å². The van der Waals surface area contributed by atoms with Gasteiger partial charge in [0.2, 0.25) is 0 Å². The van der Waals surface area contributed by atoms with Crippen LogP contribution in [0.2, 0.25) is 0 Å². The van der Waals surface area contributed by atoms with Crippen LogP contribution in [0.1, 0.15) is 142 Å². The number of esters is 1. The first-order valence-electron chi connectivity index (χ1n) is 16.8. The van der Waals surface area contributed by atoms with Gasteiger partial charge in [0.15, 0.2) is 0 Å². The number of hydrogen-bond donors (Lipinski definition) is 1. The number of phosphoric acid groups is 1. The highest BCUT2D eigenvalue weighted by atomic mass is 31.2. The Balaban J connectivity index is 3.99. The molecule has 9 heteroatoms.